The quantitative estimate of drug-likeness (QED) is 0.0859. The van der Waals surface area contributed by atoms with Crippen molar-refractivity contribution in [2.75, 3.05) is 4.90 Å². The Bertz CT molecular complexity index is 2050. The highest BCUT2D eigenvalue weighted by Crippen LogP contribution is 2.38. The number of carbonyl (C=O) groups excluding carboxylic acids is 2. The molecule has 0 N–H and O–H groups in total. The Morgan fingerprint density at radius 2 is 0.833 bits per heavy atom. The third-order valence-corrected chi connectivity index (χ3v) is 7.80. The molecule has 0 aliphatic carbocycles. The molecule has 5 heteroatoms. The minimum absolute atomic E-state index is 0.353. The predicted molar refractivity (Wildman–Crippen MR) is 194 cm³/mol. The smallest absolute Gasteiger partial charge is 0.338 e. The van der Waals surface area contributed by atoms with E-state index in [1.54, 1.807) is 31.2 Å². The summed E-state index contributed by atoms with van der Waals surface area (Å²) in [7, 11) is 0. The van der Waals surface area contributed by atoms with Crippen molar-refractivity contribution >= 4 is 29.0 Å². The fourth-order valence-electron chi connectivity index (χ4n) is 5.27. The Morgan fingerprint density at radius 3 is 1.19 bits per heavy atom. The molecule has 0 unspecified atom stereocenters. The maximum absolute atomic E-state index is 11.9. The van der Waals surface area contributed by atoms with E-state index in [-0.39, 0.29) is 0 Å². The number of carbonyl (C=O) groups is 2. The fourth-order valence-corrected chi connectivity index (χ4v) is 5.27. The Morgan fingerprint density at radius 1 is 0.500 bits per heavy atom. The molecule has 5 nitrogen and oxygen atoms in total. The van der Waals surface area contributed by atoms with Gasteiger partial charge in [0.15, 0.2) is 0 Å². The number of anilines is 3. The summed E-state index contributed by atoms with van der Waals surface area (Å²) >= 11 is 0. The first-order valence-corrected chi connectivity index (χ1v) is 15.5. The van der Waals surface area contributed by atoms with Crippen molar-refractivity contribution in [2.45, 2.75) is 6.92 Å². The summed E-state index contributed by atoms with van der Waals surface area (Å²) in [6, 6.07) is 50.5. The molecule has 0 aromatic heterocycles. The lowest BCUT2D eigenvalue weighted by atomic mass is 10.0. The summed E-state index contributed by atoms with van der Waals surface area (Å²) in [5, 5.41) is 0. The average Bonchev–Trinajstić information content (AvgIpc) is 3.13. The van der Waals surface area contributed by atoms with Crippen LogP contribution in [0.2, 0.25) is 0 Å². The molecule has 0 bridgehead atoms. The maximum atomic E-state index is 11.9. The summed E-state index contributed by atoms with van der Waals surface area (Å²) in [5.74, 6) is 0.0121. The Labute approximate surface area is 280 Å². The van der Waals surface area contributed by atoms with E-state index >= 15 is 0 Å². The molecule has 0 amide bonds. The zero-order valence-electron chi connectivity index (χ0n) is 26.5. The van der Waals surface area contributed by atoms with Crippen molar-refractivity contribution in [3.63, 3.8) is 0 Å². The minimum Gasteiger partial charge on any atom is -0.423 e. The largest absolute Gasteiger partial charge is 0.423 e. The van der Waals surface area contributed by atoms with Crippen LogP contribution in [0.1, 0.15) is 6.92 Å². The second-order valence-corrected chi connectivity index (χ2v) is 11.2. The standard InChI is InChI=1S/C43H33NO4/c1-4-42(45)47-40-26-16-35(17-27-40)33-12-22-38(23-13-33)44(37-20-10-32(11-21-37)31-8-6-5-7-9-31)39-24-14-34(15-25-39)36-18-28-41(29-19-36)48-43(46)30(2)3/h4-29H,1-2H2,3H3. The number of hydrogen-bond acceptors (Lipinski definition) is 5. The van der Waals surface area contributed by atoms with Gasteiger partial charge in [0, 0.05) is 28.7 Å². The van der Waals surface area contributed by atoms with Gasteiger partial charge in [0.05, 0.1) is 0 Å². The van der Waals surface area contributed by atoms with Crippen LogP contribution in [-0.4, -0.2) is 11.9 Å². The lowest BCUT2D eigenvalue weighted by molar-refractivity contribution is -0.130. The van der Waals surface area contributed by atoms with E-state index in [9.17, 15) is 9.59 Å². The van der Waals surface area contributed by atoms with Gasteiger partial charge in [-0.3, -0.25) is 0 Å². The van der Waals surface area contributed by atoms with Gasteiger partial charge in [0.2, 0.25) is 0 Å². The van der Waals surface area contributed by atoms with Gasteiger partial charge in [-0.1, -0.05) is 104 Å². The molecule has 6 aromatic carbocycles. The van der Waals surface area contributed by atoms with E-state index in [0.29, 0.717) is 17.1 Å². The van der Waals surface area contributed by atoms with Crippen LogP contribution in [0.25, 0.3) is 33.4 Å². The number of benzene rings is 6. The summed E-state index contributed by atoms with van der Waals surface area (Å²) in [6.45, 7) is 8.71. The Kier molecular flexibility index (Phi) is 9.40. The van der Waals surface area contributed by atoms with Crippen molar-refractivity contribution in [1.82, 2.24) is 0 Å². The first-order chi connectivity index (χ1) is 23.4. The second-order valence-electron chi connectivity index (χ2n) is 11.2. The van der Waals surface area contributed by atoms with E-state index in [2.05, 4.69) is 103 Å². The molecule has 0 aliphatic rings. The summed E-state index contributed by atoms with van der Waals surface area (Å²) in [4.78, 5) is 25.7. The van der Waals surface area contributed by atoms with Crippen LogP contribution in [0.15, 0.2) is 176 Å². The molecule has 234 valence electrons. The second kappa shape index (κ2) is 14.3. The summed E-state index contributed by atoms with van der Waals surface area (Å²) < 4.78 is 10.6. The topological polar surface area (TPSA) is 55.8 Å². The molecule has 0 atom stereocenters. The lowest BCUT2D eigenvalue weighted by Gasteiger charge is -2.26. The third kappa shape index (κ3) is 7.33. The molecule has 0 spiro atoms. The highest BCUT2D eigenvalue weighted by Gasteiger charge is 2.14. The highest BCUT2D eigenvalue weighted by atomic mass is 16.5. The third-order valence-electron chi connectivity index (χ3n) is 7.80. The monoisotopic (exact) mass is 627 g/mol. The SMILES string of the molecule is C=CC(=O)Oc1ccc(-c2ccc(N(c3ccc(-c4ccccc4)cc3)c3ccc(-c4ccc(OC(=O)C(=C)C)cc4)cc3)cc2)cc1. The normalized spacial score (nSPS) is 10.5. The minimum atomic E-state index is -0.489. The number of nitrogens with zero attached hydrogens (tertiary/aromatic N) is 1. The molecular formula is C43H33NO4. The van der Waals surface area contributed by atoms with Crippen molar-refractivity contribution in [3.8, 4) is 44.9 Å². The van der Waals surface area contributed by atoms with Gasteiger partial charge in [0.1, 0.15) is 11.5 Å². The van der Waals surface area contributed by atoms with Crippen molar-refractivity contribution in [1.29, 1.82) is 0 Å². The van der Waals surface area contributed by atoms with Gasteiger partial charge < -0.3 is 14.4 Å². The number of ether oxygens (including phenoxy) is 2. The predicted octanol–water partition coefficient (Wildman–Crippen LogP) is 10.7. The molecule has 0 heterocycles. The van der Waals surface area contributed by atoms with Gasteiger partial charge >= 0.3 is 11.9 Å². The first-order valence-electron chi connectivity index (χ1n) is 15.5. The highest BCUT2D eigenvalue weighted by molar-refractivity contribution is 5.89. The van der Waals surface area contributed by atoms with Gasteiger partial charge in [-0.25, -0.2) is 9.59 Å². The molecule has 48 heavy (non-hydrogen) atoms. The molecule has 0 aliphatic heterocycles. The van der Waals surface area contributed by atoms with E-state index in [1.807, 2.05) is 42.5 Å². The first kappa shape index (κ1) is 31.5. The van der Waals surface area contributed by atoms with Crippen LogP contribution in [0, 0.1) is 0 Å². The van der Waals surface area contributed by atoms with Gasteiger partial charge in [-0.2, -0.15) is 0 Å². The van der Waals surface area contributed by atoms with Crippen LogP contribution in [-0.2, 0) is 9.59 Å². The zero-order chi connectivity index (χ0) is 33.5. The van der Waals surface area contributed by atoms with Gasteiger partial charge in [-0.05, 0) is 101 Å². The molecule has 0 radical (unpaired) electrons. The average molecular weight is 628 g/mol. The van der Waals surface area contributed by atoms with Crippen LogP contribution in [0.3, 0.4) is 0 Å². The lowest BCUT2D eigenvalue weighted by Crippen LogP contribution is -2.09. The van der Waals surface area contributed by atoms with Crippen LogP contribution in [0.5, 0.6) is 11.5 Å². The molecule has 0 saturated carbocycles. The van der Waals surface area contributed by atoms with E-state index < -0.39 is 11.9 Å². The molecule has 0 fully saturated rings. The van der Waals surface area contributed by atoms with E-state index in [1.165, 1.54) is 0 Å². The number of hydrogen-bond donors (Lipinski definition) is 0. The van der Waals surface area contributed by atoms with Crippen LogP contribution >= 0.6 is 0 Å². The summed E-state index contributed by atoms with van der Waals surface area (Å²) in [5.41, 5.74) is 9.76. The van der Waals surface area contributed by atoms with Crippen molar-refractivity contribution < 1.29 is 19.1 Å². The van der Waals surface area contributed by atoms with Gasteiger partial charge in [-0.15, -0.1) is 0 Å². The zero-order valence-corrected chi connectivity index (χ0v) is 26.5. The molecule has 0 saturated heterocycles. The van der Waals surface area contributed by atoms with Crippen molar-refractivity contribution in [2.24, 2.45) is 0 Å². The maximum Gasteiger partial charge on any atom is 0.338 e. The fraction of sp³-hybridized carbons (Fsp3) is 0.0233. The van der Waals surface area contributed by atoms with E-state index in [4.69, 9.17) is 9.47 Å². The van der Waals surface area contributed by atoms with Crippen LogP contribution in [0.4, 0.5) is 17.1 Å². The number of esters is 2. The van der Waals surface area contributed by atoms with E-state index in [0.717, 1.165) is 56.5 Å². The number of rotatable bonds is 10. The molecule has 6 rings (SSSR count). The Balaban J connectivity index is 1.29. The Hall–Kier alpha value is -6.46. The van der Waals surface area contributed by atoms with Crippen molar-refractivity contribution in [3.05, 3.63) is 176 Å². The van der Waals surface area contributed by atoms with Crippen LogP contribution < -0.4 is 14.4 Å². The molecular weight excluding hydrogens is 594 g/mol. The van der Waals surface area contributed by atoms with Gasteiger partial charge in [0.25, 0.3) is 0 Å². The summed E-state index contributed by atoms with van der Waals surface area (Å²) in [6.07, 6.45) is 1.14. The molecule has 6 aromatic rings.